The third-order valence-electron chi connectivity index (χ3n) is 1.97. The first-order valence-electron chi connectivity index (χ1n) is 4.93. The quantitative estimate of drug-likeness (QED) is 0.700. The summed E-state index contributed by atoms with van der Waals surface area (Å²) in [4.78, 5) is 4.17. The first kappa shape index (κ1) is 11.3. The van der Waals surface area contributed by atoms with Crippen LogP contribution < -0.4 is 4.74 Å². The van der Waals surface area contributed by atoms with Crippen LogP contribution in [0.25, 0.3) is 0 Å². The number of nitrogens with zero attached hydrogens (tertiary/aromatic N) is 1. The highest BCUT2D eigenvalue weighted by Gasteiger charge is 2.03. The van der Waals surface area contributed by atoms with Gasteiger partial charge in [0, 0.05) is 18.1 Å². The summed E-state index contributed by atoms with van der Waals surface area (Å²) in [6.45, 7) is 4.20. The molecule has 0 aliphatic heterocycles. The molecule has 3 heteroatoms. The third-order valence-corrected chi connectivity index (χ3v) is 2.28. The second-order valence-corrected chi connectivity index (χ2v) is 3.62. The lowest BCUT2D eigenvalue weighted by molar-refractivity contribution is 0.201. The number of hydrogen-bond acceptors (Lipinski definition) is 2. The van der Waals surface area contributed by atoms with Gasteiger partial charge in [0.05, 0.1) is 6.10 Å². The van der Waals surface area contributed by atoms with Gasteiger partial charge >= 0.3 is 0 Å². The summed E-state index contributed by atoms with van der Waals surface area (Å²) < 4.78 is 5.60. The maximum absolute atomic E-state index is 5.65. The van der Waals surface area contributed by atoms with Gasteiger partial charge in [-0.3, -0.25) is 0 Å². The van der Waals surface area contributed by atoms with Crippen LogP contribution in [0.4, 0.5) is 0 Å². The molecule has 1 aromatic rings. The standard InChI is InChI=1S/C11H16ClNO/c1-3-4-9(2)14-11-6-5-10(7-12)8-13-11/h5-6,8-9H,3-4,7H2,1-2H3. The monoisotopic (exact) mass is 213 g/mol. The van der Waals surface area contributed by atoms with Crippen molar-refractivity contribution in [1.82, 2.24) is 4.98 Å². The number of rotatable bonds is 5. The normalized spacial score (nSPS) is 12.5. The molecule has 1 aromatic heterocycles. The van der Waals surface area contributed by atoms with Crippen LogP contribution in [0, 0.1) is 0 Å². The summed E-state index contributed by atoms with van der Waals surface area (Å²) in [5, 5.41) is 0. The fourth-order valence-corrected chi connectivity index (χ4v) is 1.39. The Bertz CT molecular complexity index is 260. The zero-order valence-electron chi connectivity index (χ0n) is 8.66. The molecule has 0 aliphatic rings. The topological polar surface area (TPSA) is 22.1 Å². The van der Waals surface area contributed by atoms with Crippen LogP contribution in [0.15, 0.2) is 18.3 Å². The van der Waals surface area contributed by atoms with Crippen molar-refractivity contribution in [3.8, 4) is 5.88 Å². The van der Waals surface area contributed by atoms with Gasteiger partial charge in [0.2, 0.25) is 5.88 Å². The molecule has 1 atom stereocenters. The molecular formula is C11H16ClNO. The first-order chi connectivity index (χ1) is 6.76. The van der Waals surface area contributed by atoms with Gasteiger partial charge in [-0.1, -0.05) is 19.4 Å². The minimum atomic E-state index is 0.231. The molecule has 1 heterocycles. The fraction of sp³-hybridized carbons (Fsp3) is 0.545. The molecule has 0 bridgehead atoms. The van der Waals surface area contributed by atoms with Crippen LogP contribution in [0.2, 0.25) is 0 Å². The Kier molecular flexibility index (Phi) is 4.74. The zero-order valence-corrected chi connectivity index (χ0v) is 9.42. The van der Waals surface area contributed by atoms with E-state index in [-0.39, 0.29) is 6.10 Å². The predicted octanol–water partition coefficient (Wildman–Crippen LogP) is 3.39. The van der Waals surface area contributed by atoms with Gasteiger partial charge in [0.25, 0.3) is 0 Å². The second kappa shape index (κ2) is 5.86. The zero-order chi connectivity index (χ0) is 10.4. The summed E-state index contributed by atoms with van der Waals surface area (Å²) in [6.07, 6.45) is 4.16. The molecule has 78 valence electrons. The van der Waals surface area contributed by atoms with Crippen molar-refractivity contribution >= 4 is 11.6 Å². The van der Waals surface area contributed by atoms with Crippen molar-refractivity contribution in [3.63, 3.8) is 0 Å². The molecule has 1 unspecified atom stereocenters. The minimum absolute atomic E-state index is 0.231. The summed E-state index contributed by atoms with van der Waals surface area (Å²) in [5.74, 6) is 1.18. The molecule has 0 fully saturated rings. The van der Waals surface area contributed by atoms with Crippen LogP contribution in [0.5, 0.6) is 5.88 Å². The first-order valence-corrected chi connectivity index (χ1v) is 5.47. The van der Waals surface area contributed by atoms with Gasteiger partial charge in [-0.2, -0.15) is 0 Å². The molecule has 2 nitrogen and oxygen atoms in total. The summed E-state index contributed by atoms with van der Waals surface area (Å²) in [6, 6.07) is 3.80. The van der Waals surface area contributed by atoms with E-state index in [4.69, 9.17) is 16.3 Å². The Morgan fingerprint density at radius 3 is 2.79 bits per heavy atom. The Hall–Kier alpha value is -0.760. The van der Waals surface area contributed by atoms with Crippen LogP contribution in [-0.4, -0.2) is 11.1 Å². The number of halogens is 1. The number of pyridine rings is 1. The van der Waals surface area contributed by atoms with Crippen molar-refractivity contribution in [1.29, 1.82) is 0 Å². The van der Waals surface area contributed by atoms with Gasteiger partial charge in [-0.15, -0.1) is 11.6 Å². The van der Waals surface area contributed by atoms with E-state index < -0.39 is 0 Å². The Labute approximate surface area is 90.3 Å². The average Bonchev–Trinajstić information content (AvgIpc) is 2.19. The third kappa shape index (κ3) is 3.54. The molecule has 14 heavy (non-hydrogen) atoms. The molecule has 0 amide bonds. The maximum atomic E-state index is 5.65. The molecular weight excluding hydrogens is 198 g/mol. The van der Waals surface area contributed by atoms with Gasteiger partial charge < -0.3 is 4.74 Å². The van der Waals surface area contributed by atoms with Crippen molar-refractivity contribution in [2.45, 2.75) is 38.7 Å². The molecule has 0 aromatic carbocycles. The van der Waals surface area contributed by atoms with Gasteiger partial charge in [0.1, 0.15) is 0 Å². The number of aromatic nitrogens is 1. The average molecular weight is 214 g/mol. The highest BCUT2D eigenvalue weighted by Crippen LogP contribution is 2.12. The number of ether oxygens (including phenoxy) is 1. The van der Waals surface area contributed by atoms with Gasteiger partial charge in [-0.05, 0) is 18.9 Å². The minimum Gasteiger partial charge on any atom is -0.475 e. The van der Waals surface area contributed by atoms with Crippen LogP contribution in [0.1, 0.15) is 32.3 Å². The lowest BCUT2D eigenvalue weighted by Crippen LogP contribution is -2.11. The lowest BCUT2D eigenvalue weighted by atomic mass is 10.2. The molecule has 0 N–H and O–H groups in total. The Morgan fingerprint density at radius 1 is 1.50 bits per heavy atom. The van der Waals surface area contributed by atoms with E-state index in [9.17, 15) is 0 Å². The van der Waals surface area contributed by atoms with Crippen molar-refractivity contribution < 1.29 is 4.74 Å². The maximum Gasteiger partial charge on any atom is 0.213 e. The predicted molar refractivity (Wildman–Crippen MR) is 58.8 cm³/mol. The van der Waals surface area contributed by atoms with E-state index in [1.807, 2.05) is 12.1 Å². The summed E-state index contributed by atoms with van der Waals surface area (Å²) in [7, 11) is 0. The Balaban J connectivity index is 2.50. The number of alkyl halides is 1. The Morgan fingerprint density at radius 2 is 2.29 bits per heavy atom. The van der Waals surface area contributed by atoms with Crippen molar-refractivity contribution in [2.24, 2.45) is 0 Å². The highest BCUT2D eigenvalue weighted by atomic mass is 35.5. The van der Waals surface area contributed by atoms with Crippen LogP contribution >= 0.6 is 11.6 Å². The largest absolute Gasteiger partial charge is 0.475 e. The van der Waals surface area contributed by atoms with Crippen LogP contribution in [0.3, 0.4) is 0 Å². The van der Waals surface area contributed by atoms with E-state index in [1.54, 1.807) is 6.20 Å². The molecule has 0 saturated heterocycles. The smallest absolute Gasteiger partial charge is 0.213 e. The molecule has 0 radical (unpaired) electrons. The number of hydrogen-bond donors (Lipinski definition) is 0. The SMILES string of the molecule is CCCC(C)Oc1ccc(CCl)cn1. The van der Waals surface area contributed by atoms with E-state index in [0.717, 1.165) is 18.4 Å². The molecule has 1 rings (SSSR count). The highest BCUT2D eigenvalue weighted by molar-refractivity contribution is 6.17. The van der Waals surface area contributed by atoms with E-state index in [1.165, 1.54) is 0 Å². The van der Waals surface area contributed by atoms with E-state index in [0.29, 0.717) is 11.8 Å². The van der Waals surface area contributed by atoms with Gasteiger partial charge in [0.15, 0.2) is 0 Å². The summed E-state index contributed by atoms with van der Waals surface area (Å²) in [5.41, 5.74) is 1.02. The second-order valence-electron chi connectivity index (χ2n) is 3.36. The van der Waals surface area contributed by atoms with Gasteiger partial charge in [-0.25, -0.2) is 4.98 Å². The van der Waals surface area contributed by atoms with E-state index in [2.05, 4.69) is 18.8 Å². The summed E-state index contributed by atoms with van der Waals surface area (Å²) >= 11 is 5.65. The molecule has 0 spiro atoms. The van der Waals surface area contributed by atoms with Crippen molar-refractivity contribution in [2.75, 3.05) is 0 Å². The van der Waals surface area contributed by atoms with Crippen LogP contribution in [-0.2, 0) is 5.88 Å². The van der Waals surface area contributed by atoms with E-state index >= 15 is 0 Å². The molecule has 0 saturated carbocycles. The molecule has 0 aliphatic carbocycles. The van der Waals surface area contributed by atoms with Crippen molar-refractivity contribution in [3.05, 3.63) is 23.9 Å². The fourth-order valence-electron chi connectivity index (χ4n) is 1.23. The lowest BCUT2D eigenvalue weighted by Gasteiger charge is -2.12.